The minimum absolute atomic E-state index is 0.252. The maximum absolute atomic E-state index is 13.4. The quantitative estimate of drug-likeness (QED) is 0.321. The monoisotopic (exact) mass is 560 g/mol. The molecule has 0 bridgehead atoms. The lowest BCUT2D eigenvalue weighted by molar-refractivity contribution is 0.102. The molecule has 0 aliphatic heterocycles. The first-order valence-electron chi connectivity index (χ1n) is 11.1. The summed E-state index contributed by atoms with van der Waals surface area (Å²) >= 11 is 18.4. The smallest absolute Gasteiger partial charge is 0.293 e. The van der Waals surface area contributed by atoms with E-state index in [1.807, 2.05) is 19.0 Å². The number of anilines is 2. The molecule has 0 aliphatic rings. The van der Waals surface area contributed by atoms with E-state index in [2.05, 4.69) is 20.6 Å². The lowest BCUT2D eigenvalue weighted by Gasteiger charge is -2.14. The largest absolute Gasteiger partial charge is 0.412 e. The van der Waals surface area contributed by atoms with Crippen LogP contribution in [0.1, 0.15) is 10.4 Å². The van der Waals surface area contributed by atoms with Crippen LogP contribution >= 0.6 is 34.8 Å². The number of carbonyl (C=O) groups excluding carboxylic acids is 1. The van der Waals surface area contributed by atoms with Gasteiger partial charge in [0.2, 0.25) is 5.95 Å². The van der Waals surface area contributed by atoms with E-state index in [0.717, 1.165) is 11.3 Å². The highest BCUT2D eigenvalue weighted by Gasteiger charge is 2.17. The highest BCUT2D eigenvalue weighted by atomic mass is 35.5. The van der Waals surface area contributed by atoms with Crippen molar-refractivity contribution >= 4 is 63.4 Å². The standard InChI is InChI=1S/C25H23Cl3N6O3/c1-33(2)9-8-29-25-30-13-15-10-18(24(36)34(37-3)22(15)32-25)17-12-16(5-7-19(17)26)31-23(35)14-4-6-20(27)21(28)11-14/h4-7,10-13H,8-9H2,1-3H3,(H,31,35)(H,29,30,32). The summed E-state index contributed by atoms with van der Waals surface area (Å²) in [5, 5.41) is 7.40. The molecule has 0 spiro atoms. The Labute approximate surface area is 227 Å². The summed E-state index contributed by atoms with van der Waals surface area (Å²) in [6, 6.07) is 11.0. The molecule has 0 fully saturated rings. The molecular formula is C25H23Cl3N6O3. The molecule has 4 rings (SSSR count). The Hall–Kier alpha value is -3.37. The second-order valence-corrected chi connectivity index (χ2v) is 9.54. The van der Waals surface area contributed by atoms with Crippen LogP contribution in [0.4, 0.5) is 11.6 Å². The van der Waals surface area contributed by atoms with E-state index in [9.17, 15) is 9.59 Å². The first-order chi connectivity index (χ1) is 17.7. The van der Waals surface area contributed by atoms with Crippen molar-refractivity contribution in [3.05, 3.63) is 79.6 Å². The molecule has 0 atom stereocenters. The number of nitrogens with one attached hydrogen (secondary N) is 2. The summed E-state index contributed by atoms with van der Waals surface area (Å²) in [5.74, 6) is -0.0281. The second kappa shape index (κ2) is 11.4. The maximum Gasteiger partial charge on any atom is 0.293 e. The molecule has 0 unspecified atom stereocenters. The molecule has 4 aromatic rings. The Kier molecular flexibility index (Phi) is 8.19. The zero-order valence-corrected chi connectivity index (χ0v) is 22.4. The van der Waals surface area contributed by atoms with Gasteiger partial charge >= 0.3 is 0 Å². The molecule has 2 aromatic heterocycles. The van der Waals surface area contributed by atoms with Gasteiger partial charge in [-0.05, 0) is 56.6 Å². The Morgan fingerprint density at radius 1 is 1.03 bits per heavy atom. The molecule has 0 radical (unpaired) electrons. The zero-order chi connectivity index (χ0) is 26.7. The topological polar surface area (TPSA) is 101 Å². The molecule has 192 valence electrons. The third kappa shape index (κ3) is 5.97. The van der Waals surface area contributed by atoms with Crippen LogP contribution in [0.25, 0.3) is 22.2 Å². The summed E-state index contributed by atoms with van der Waals surface area (Å²) in [7, 11) is 5.30. The van der Waals surface area contributed by atoms with Gasteiger partial charge in [0.1, 0.15) is 7.11 Å². The first-order valence-corrected chi connectivity index (χ1v) is 12.2. The number of carbonyl (C=O) groups is 1. The third-order valence-corrected chi connectivity index (χ3v) is 6.49. The second-order valence-electron chi connectivity index (χ2n) is 8.32. The minimum Gasteiger partial charge on any atom is -0.412 e. The highest BCUT2D eigenvalue weighted by Crippen LogP contribution is 2.31. The number of likely N-dealkylation sites (N-methyl/N-ethyl adjacent to an activating group) is 1. The van der Waals surface area contributed by atoms with Gasteiger partial charge in [0.05, 0.1) is 15.6 Å². The molecular weight excluding hydrogens is 539 g/mol. The van der Waals surface area contributed by atoms with Gasteiger partial charge in [-0.15, -0.1) is 4.73 Å². The number of pyridine rings is 1. The van der Waals surface area contributed by atoms with E-state index < -0.39 is 11.5 Å². The summed E-state index contributed by atoms with van der Waals surface area (Å²) in [5.41, 5.74) is 1.24. The van der Waals surface area contributed by atoms with Crippen molar-refractivity contribution in [3.63, 3.8) is 0 Å². The zero-order valence-electron chi connectivity index (χ0n) is 20.2. The van der Waals surface area contributed by atoms with Crippen molar-refractivity contribution in [2.24, 2.45) is 0 Å². The van der Waals surface area contributed by atoms with Crippen LogP contribution in [0.5, 0.6) is 0 Å². The average molecular weight is 562 g/mol. The minimum atomic E-state index is -0.470. The van der Waals surface area contributed by atoms with Crippen LogP contribution < -0.4 is 21.0 Å². The van der Waals surface area contributed by atoms with Crippen molar-refractivity contribution < 1.29 is 9.63 Å². The Balaban J connectivity index is 1.70. The van der Waals surface area contributed by atoms with Crippen LogP contribution in [0.3, 0.4) is 0 Å². The SMILES string of the molecule is COn1c(=O)c(-c2cc(NC(=O)c3ccc(Cl)c(Cl)c3)ccc2Cl)cc2cnc(NCCN(C)C)nc21. The van der Waals surface area contributed by atoms with Gasteiger partial charge in [-0.2, -0.15) is 4.98 Å². The number of fused-ring (bicyclic) bond motifs is 1. The van der Waals surface area contributed by atoms with Crippen LogP contribution in [0, 0.1) is 0 Å². The summed E-state index contributed by atoms with van der Waals surface area (Å²) < 4.78 is 1.08. The van der Waals surface area contributed by atoms with Crippen LogP contribution in [0.2, 0.25) is 15.1 Å². The third-order valence-electron chi connectivity index (χ3n) is 5.42. The molecule has 2 aromatic carbocycles. The van der Waals surface area contributed by atoms with E-state index in [1.54, 1.807) is 42.6 Å². The van der Waals surface area contributed by atoms with Crippen molar-refractivity contribution in [2.75, 3.05) is 44.9 Å². The van der Waals surface area contributed by atoms with Gasteiger partial charge in [-0.1, -0.05) is 34.8 Å². The van der Waals surface area contributed by atoms with Crippen molar-refractivity contribution in [1.82, 2.24) is 19.6 Å². The molecule has 37 heavy (non-hydrogen) atoms. The fourth-order valence-electron chi connectivity index (χ4n) is 3.56. The van der Waals surface area contributed by atoms with Crippen LogP contribution in [0.15, 0.2) is 53.5 Å². The predicted molar refractivity (Wildman–Crippen MR) is 148 cm³/mol. The Bertz CT molecular complexity index is 1540. The van der Waals surface area contributed by atoms with E-state index in [1.165, 1.54) is 13.2 Å². The van der Waals surface area contributed by atoms with Crippen LogP contribution in [-0.4, -0.2) is 59.8 Å². The van der Waals surface area contributed by atoms with Crippen molar-refractivity contribution in [2.45, 2.75) is 0 Å². The summed E-state index contributed by atoms with van der Waals surface area (Å²) in [4.78, 5) is 42.3. The van der Waals surface area contributed by atoms with Gasteiger partial charge < -0.3 is 20.4 Å². The number of hydrogen-bond acceptors (Lipinski definition) is 7. The van der Waals surface area contributed by atoms with Crippen molar-refractivity contribution in [3.8, 4) is 11.1 Å². The van der Waals surface area contributed by atoms with E-state index >= 15 is 0 Å². The molecule has 0 saturated heterocycles. The number of halogens is 3. The van der Waals surface area contributed by atoms with Gasteiger partial charge in [0.15, 0.2) is 5.65 Å². The van der Waals surface area contributed by atoms with E-state index in [4.69, 9.17) is 39.6 Å². The van der Waals surface area contributed by atoms with Crippen molar-refractivity contribution in [1.29, 1.82) is 0 Å². The molecule has 2 heterocycles. The van der Waals surface area contributed by atoms with Gasteiger partial charge in [0, 0.05) is 46.5 Å². The number of aromatic nitrogens is 3. The molecule has 0 aliphatic carbocycles. The fraction of sp³-hybridized carbons (Fsp3) is 0.200. The van der Waals surface area contributed by atoms with Gasteiger partial charge in [-0.3, -0.25) is 9.59 Å². The first kappa shape index (κ1) is 26.7. The Morgan fingerprint density at radius 3 is 2.49 bits per heavy atom. The molecule has 9 nitrogen and oxygen atoms in total. The van der Waals surface area contributed by atoms with E-state index in [-0.39, 0.29) is 10.6 Å². The maximum atomic E-state index is 13.4. The predicted octanol–water partition coefficient (Wildman–Crippen LogP) is 4.70. The molecule has 12 heteroatoms. The number of amides is 1. The number of nitrogens with zero attached hydrogens (tertiary/aromatic N) is 4. The van der Waals surface area contributed by atoms with E-state index in [0.29, 0.717) is 50.4 Å². The lowest BCUT2D eigenvalue weighted by Crippen LogP contribution is -2.28. The normalized spacial score (nSPS) is 11.1. The van der Waals surface area contributed by atoms with Gasteiger partial charge in [0.25, 0.3) is 11.5 Å². The average Bonchev–Trinajstić information content (AvgIpc) is 2.86. The number of benzene rings is 2. The molecule has 1 amide bonds. The lowest BCUT2D eigenvalue weighted by atomic mass is 10.1. The number of rotatable bonds is 8. The van der Waals surface area contributed by atoms with Crippen LogP contribution in [-0.2, 0) is 0 Å². The highest BCUT2D eigenvalue weighted by molar-refractivity contribution is 6.42. The summed E-state index contributed by atoms with van der Waals surface area (Å²) in [6.45, 7) is 1.41. The summed E-state index contributed by atoms with van der Waals surface area (Å²) in [6.07, 6.45) is 1.60. The molecule has 0 saturated carbocycles. The van der Waals surface area contributed by atoms with Gasteiger partial charge in [-0.25, -0.2) is 4.98 Å². The molecule has 2 N–H and O–H groups in total. The number of hydrogen-bond donors (Lipinski definition) is 2. The Morgan fingerprint density at radius 2 is 1.78 bits per heavy atom. The fourth-order valence-corrected chi connectivity index (χ4v) is 4.08.